The molecule has 1 aromatic carbocycles. The number of aromatic nitrogens is 1. The van der Waals surface area contributed by atoms with Crippen molar-refractivity contribution in [1.29, 1.82) is 0 Å². The summed E-state index contributed by atoms with van der Waals surface area (Å²) in [5.74, 6) is 0.898. The van der Waals surface area contributed by atoms with E-state index < -0.39 is 0 Å². The van der Waals surface area contributed by atoms with Gasteiger partial charge in [-0.2, -0.15) is 0 Å². The van der Waals surface area contributed by atoms with Crippen LogP contribution in [0, 0.1) is 5.92 Å². The Kier molecular flexibility index (Phi) is 4.04. The number of fused-ring (bicyclic) bond motifs is 1. The Morgan fingerprint density at radius 1 is 1.24 bits per heavy atom. The molecule has 4 nitrogen and oxygen atoms in total. The maximum atomic E-state index is 12.3. The zero-order valence-corrected chi connectivity index (χ0v) is 12.1. The van der Waals surface area contributed by atoms with Crippen molar-refractivity contribution in [3.8, 4) is 0 Å². The SMILES string of the molecule is Nc1nc(C(=O)NCC2CCCCC2)cc2ccccc12. The molecule has 1 saturated carbocycles. The van der Waals surface area contributed by atoms with Gasteiger partial charge in [0.05, 0.1) is 0 Å². The predicted octanol–water partition coefficient (Wildman–Crippen LogP) is 3.13. The number of anilines is 1. The maximum absolute atomic E-state index is 12.3. The van der Waals surface area contributed by atoms with Crippen LogP contribution in [-0.2, 0) is 0 Å². The first-order valence-electron chi connectivity index (χ1n) is 7.67. The van der Waals surface area contributed by atoms with Gasteiger partial charge in [0, 0.05) is 11.9 Å². The normalized spacial score (nSPS) is 16.0. The summed E-state index contributed by atoms with van der Waals surface area (Å²) >= 11 is 0. The van der Waals surface area contributed by atoms with E-state index in [1.807, 2.05) is 30.3 Å². The Hall–Kier alpha value is -2.10. The molecule has 1 heterocycles. The Morgan fingerprint density at radius 3 is 2.81 bits per heavy atom. The van der Waals surface area contributed by atoms with E-state index in [0.717, 1.165) is 17.3 Å². The summed E-state index contributed by atoms with van der Waals surface area (Å²) < 4.78 is 0. The quantitative estimate of drug-likeness (QED) is 0.909. The number of nitrogens with two attached hydrogens (primary N) is 1. The highest BCUT2D eigenvalue weighted by Gasteiger charge is 2.16. The van der Waals surface area contributed by atoms with Gasteiger partial charge < -0.3 is 11.1 Å². The highest BCUT2D eigenvalue weighted by atomic mass is 16.1. The summed E-state index contributed by atoms with van der Waals surface area (Å²) in [4.78, 5) is 16.5. The molecule has 0 radical (unpaired) electrons. The molecular weight excluding hydrogens is 262 g/mol. The van der Waals surface area contributed by atoms with E-state index in [9.17, 15) is 4.79 Å². The number of rotatable bonds is 3. The Balaban J connectivity index is 1.72. The Bertz CT molecular complexity index is 648. The first-order chi connectivity index (χ1) is 10.2. The second-order valence-corrected chi connectivity index (χ2v) is 5.83. The van der Waals surface area contributed by atoms with Gasteiger partial charge in [-0.25, -0.2) is 4.98 Å². The van der Waals surface area contributed by atoms with Crippen molar-refractivity contribution in [2.24, 2.45) is 5.92 Å². The van der Waals surface area contributed by atoms with Gasteiger partial charge in [-0.3, -0.25) is 4.79 Å². The van der Waals surface area contributed by atoms with Gasteiger partial charge in [-0.15, -0.1) is 0 Å². The lowest BCUT2D eigenvalue weighted by Crippen LogP contribution is -2.30. The molecular formula is C17H21N3O. The topological polar surface area (TPSA) is 68.0 Å². The van der Waals surface area contributed by atoms with Crippen LogP contribution in [0.2, 0.25) is 0 Å². The van der Waals surface area contributed by atoms with Crippen molar-refractivity contribution in [3.05, 3.63) is 36.0 Å². The van der Waals surface area contributed by atoms with Crippen LogP contribution in [0.3, 0.4) is 0 Å². The zero-order valence-electron chi connectivity index (χ0n) is 12.1. The van der Waals surface area contributed by atoms with Gasteiger partial charge in [-0.05, 0) is 30.2 Å². The van der Waals surface area contributed by atoms with Gasteiger partial charge in [0.1, 0.15) is 11.5 Å². The van der Waals surface area contributed by atoms with Gasteiger partial charge in [0.25, 0.3) is 5.91 Å². The fourth-order valence-electron chi connectivity index (χ4n) is 3.06. The molecule has 0 spiro atoms. The van der Waals surface area contributed by atoms with Crippen LogP contribution in [0.15, 0.2) is 30.3 Å². The molecule has 1 aliphatic carbocycles. The van der Waals surface area contributed by atoms with Gasteiger partial charge in [-0.1, -0.05) is 43.5 Å². The second-order valence-electron chi connectivity index (χ2n) is 5.83. The molecule has 3 N–H and O–H groups in total. The number of pyridine rings is 1. The first-order valence-corrected chi connectivity index (χ1v) is 7.67. The average molecular weight is 283 g/mol. The van der Waals surface area contributed by atoms with E-state index in [0.29, 0.717) is 17.4 Å². The monoisotopic (exact) mass is 283 g/mol. The first kappa shape index (κ1) is 13.9. The number of nitrogens with one attached hydrogen (secondary N) is 1. The fourth-order valence-corrected chi connectivity index (χ4v) is 3.06. The van der Waals surface area contributed by atoms with Crippen molar-refractivity contribution >= 4 is 22.5 Å². The lowest BCUT2D eigenvalue weighted by atomic mass is 9.89. The van der Waals surface area contributed by atoms with E-state index in [2.05, 4.69) is 10.3 Å². The van der Waals surface area contributed by atoms with Crippen LogP contribution in [0.5, 0.6) is 0 Å². The molecule has 2 aromatic rings. The minimum absolute atomic E-state index is 0.127. The number of nitrogen functional groups attached to an aromatic ring is 1. The average Bonchev–Trinajstić information content (AvgIpc) is 2.53. The summed E-state index contributed by atoms with van der Waals surface area (Å²) in [6, 6.07) is 9.53. The van der Waals surface area contributed by atoms with Crippen molar-refractivity contribution in [3.63, 3.8) is 0 Å². The summed E-state index contributed by atoms with van der Waals surface area (Å²) in [7, 11) is 0. The third-order valence-electron chi connectivity index (χ3n) is 4.28. The van der Waals surface area contributed by atoms with Gasteiger partial charge >= 0.3 is 0 Å². The van der Waals surface area contributed by atoms with E-state index in [-0.39, 0.29) is 5.91 Å². The van der Waals surface area contributed by atoms with Crippen LogP contribution in [0.1, 0.15) is 42.6 Å². The Labute approximate surface area is 124 Å². The highest BCUT2D eigenvalue weighted by molar-refractivity contribution is 5.99. The summed E-state index contributed by atoms with van der Waals surface area (Å²) in [6.45, 7) is 0.743. The lowest BCUT2D eigenvalue weighted by molar-refractivity contribution is 0.0939. The molecule has 1 aliphatic rings. The maximum Gasteiger partial charge on any atom is 0.270 e. The van der Waals surface area contributed by atoms with Crippen LogP contribution in [-0.4, -0.2) is 17.4 Å². The molecule has 0 saturated heterocycles. The van der Waals surface area contributed by atoms with Crippen LogP contribution >= 0.6 is 0 Å². The summed E-state index contributed by atoms with van der Waals surface area (Å²) in [6.07, 6.45) is 6.32. The van der Waals surface area contributed by atoms with E-state index in [1.165, 1.54) is 32.1 Å². The van der Waals surface area contributed by atoms with E-state index >= 15 is 0 Å². The largest absolute Gasteiger partial charge is 0.383 e. The number of benzene rings is 1. The molecule has 110 valence electrons. The van der Waals surface area contributed by atoms with Crippen LogP contribution in [0.25, 0.3) is 10.8 Å². The summed E-state index contributed by atoms with van der Waals surface area (Å²) in [5.41, 5.74) is 6.35. The molecule has 3 rings (SSSR count). The standard InChI is InChI=1S/C17H21N3O/c18-16-14-9-5-4-8-13(14)10-15(20-16)17(21)19-11-12-6-2-1-3-7-12/h4-5,8-10,12H,1-3,6-7,11H2,(H2,18,20)(H,19,21). The number of hydrogen-bond acceptors (Lipinski definition) is 3. The fraction of sp³-hybridized carbons (Fsp3) is 0.412. The molecule has 1 aromatic heterocycles. The van der Waals surface area contributed by atoms with Crippen LogP contribution < -0.4 is 11.1 Å². The zero-order chi connectivity index (χ0) is 14.7. The van der Waals surface area contributed by atoms with Crippen molar-refractivity contribution in [2.45, 2.75) is 32.1 Å². The van der Waals surface area contributed by atoms with Gasteiger partial charge in [0.15, 0.2) is 0 Å². The molecule has 0 unspecified atom stereocenters. The Morgan fingerprint density at radius 2 is 2.00 bits per heavy atom. The third-order valence-corrected chi connectivity index (χ3v) is 4.28. The van der Waals surface area contributed by atoms with Crippen LogP contribution in [0.4, 0.5) is 5.82 Å². The molecule has 0 bridgehead atoms. The number of amides is 1. The second kappa shape index (κ2) is 6.12. The molecule has 1 fully saturated rings. The van der Waals surface area contributed by atoms with Crippen molar-refractivity contribution in [2.75, 3.05) is 12.3 Å². The van der Waals surface area contributed by atoms with Gasteiger partial charge in [0.2, 0.25) is 0 Å². The summed E-state index contributed by atoms with van der Waals surface area (Å²) in [5, 5.41) is 4.85. The third kappa shape index (κ3) is 3.15. The molecule has 0 aliphatic heterocycles. The smallest absolute Gasteiger partial charge is 0.270 e. The van der Waals surface area contributed by atoms with E-state index in [1.54, 1.807) is 0 Å². The minimum Gasteiger partial charge on any atom is -0.383 e. The van der Waals surface area contributed by atoms with Crippen molar-refractivity contribution in [1.82, 2.24) is 10.3 Å². The molecule has 21 heavy (non-hydrogen) atoms. The lowest BCUT2D eigenvalue weighted by Gasteiger charge is -2.21. The molecule has 1 amide bonds. The highest BCUT2D eigenvalue weighted by Crippen LogP contribution is 2.23. The molecule has 0 atom stereocenters. The number of carbonyl (C=O) groups is 1. The van der Waals surface area contributed by atoms with Crippen molar-refractivity contribution < 1.29 is 4.79 Å². The minimum atomic E-state index is -0.127. The van der Waals surface area contributed by atoms with E-state index in [4.69, 9.17) is 5.73 Å². The molecule has 4 heteroatoms. The number of carbonyl (C=O) groups excluding carboxylic acids is 1. The number of nitrogens with zero attached hydrogens (tertiary/aromatic N) is 1. The number of hydrogen-bond donors (Lipinski definition) is 2. The predicted molar refractivity (Wildman–Crippen MR) is 85.1 cm³/mol.